The average Bonchev–Trinajstić information content (AvgIpc) is 3.05. The van der Waals surface area contributed by atoms with Crippen LogP contribution in [0.3, 0.4) is 0 Å². The molecule has 0 saturated carbocycles. The fraction of sp³-hybridized carbons (Fsp3) is 0.265. The normalized spacial score (nSPS) is 15.0. The van der Waals surface area contributed by atoms with Gasteiger partial charge in [0, 0.05) is 5.70 Å². The fourth-order valence-corrected chi connectivity index (χ4v) is 5.07. The maximum atomic E-state index is 12.5. The van der Waals surface area contributed by atoms with Gasteiger partial charge in [-0.2, -0.15) is 5.10 Å². The van der Waals surface area contributed by atoms with E-state index >= 15 is 0 Å². The SMILES string of the molecule is C=CCc1cc(/C=N\N[C@@H](O)COc2ccc([C@H]3NC(=O)NC(C)=C3C(=O)OC)cc2OCC)ccc1OCc1ccc(Cl)c(Cl)c1. The van der Waals surface area contributed by atoms with Crippen molar-refractivity contribution in [1.82, 2.24) is 16.1 Å². The van der Waals surface area contributed by atoms with Gasteiger partial charge in [-0.1, -0.05) is 41.4 Å². The summed E-state index contributed by atoms with van der Waals surface area (Å²) in [5.41, 5.74) is 6.46. The molecule has 1 heterocycles. The van der Waals surface area contributed by atoms with Crippen LogP contribution in [-0.2, 0) is 22.6 Å². The Morgan fingerprint density at radius 3 is 2.57 bits per heavy atom. The maximum absolute atomic E-state index is 12.5. The summed E-state index contributed by atoms with van der Waals surface area (Å²) in [6.07, 6.45) is 2.78. The number of aliphatic hydroxyl groups excluding tert-OH is 1. The smallest absolute Gasteiger partial charge is 0.337 e. The molecule has 1 aliphatic heterocycles. The molecule has 0 aromatic heterocycles. The zero-order valence-electron chi connectivity index (χ0n) is 26.1. The number of carbonyl (C=O) groups is 2. The van der Waals surface area contributed by atoms with Crippen LogP contribution < -0.4 is 30.3 Å². The summed E-state index contributed by atoms with van der Waals surface area (Å²) >= 11 is 12.1. The van der Waals surface area contributed by atoms with E-state index in [-0.39, 0.29) is 12.2 Å². The van der Waals surface area contributed by atoms with Crippen molar-refractivity contribution in [1.29, 1.82) is 0 Å². The minimum Gasteiger partial charge on any atom is -0.490 e. The minimum absolute atomic E-state index is 0.156. The number of nitrogens with zero attached hydrogens (tertiary/aromatic N) is 1. The largest absolute Gasteiger partial charge is 0.490 e. The molecule has 0 radical (unpaired) electrons. The number of allylic oxidation sites excluding steroid dienone is 2. The first kappa shape index (κ1) is 35.1. The van der Waals surface area contributed by atoms with Crippen molar-refractivity contribution >= 4 is 41.4 Å². The van der Waals surface area contributed by atoms with Crippen LogP contribution in [-0.4, -0.2) is 49.9 Å². The van der Waals surface area contributed by atoms with Gasteiger partial charge in [-0.25, -0.2) is 9.59 Å². The molecule has 1 aliphatic rings. The number of aliphatic hydroxyl groups is 1. The zero-order valence-corrected chi connectivity index (χ0v) is 27.7. The lowest BCUT2D eigenvalue weighted by Crippen LogP contribution is -2.45. The van der Waals surface area contributed by atoms with Crippen molar-refractivity contribution in [2.45, 2.75) is 39.1 Å². The van der Waals surface area contributed by atoms with Crippen LogP contribution in [0.15, 0.2) is 83.6 Å². The Bertz CT molecular complexity index is 1680. The number of nitrogens with one attached hydrogen (secondary N) is 3. The molecule has 2 atom stereocenters. The van der Waals surface area contributed by atoms with Crippen LogP contribution in [0.1, 0.15) is 42.1 Å². The second-order valence-corrected chi connectivity index (χ2v) is 11.1. The number of halogens is 2. The Labute approximate surface area is 283 Å². The third-order valence-corrected chi connectivity index (χ3v) is 7.68. The van der Waals surface area contributed by atoms with Gasteiger partial charge in [-0.15, -0.1) is 6.58 Å². The molecule has 248 valence electrons. The number of hydrogen-bond donors (Lipinski definition) is 4. The molecule has 11 nitrogen and oxygen atoms in total. The van der Waals surface area contributed by atoms with Gasteiger partial charge in [0.25, 0.3) is 0 Å². The van der Waals surface area contributed by atoms with E-state index < -0.39 is 24.3 Å². The Balaban J connectivity index is 1.38. The number of hydrazone groups is 1. The molecule has 4 rings (SSSR count). The van der Waals surface area contributed by atoms with Gasteiger partial charge in [0.15, 0.2) is 17.7 Å². The Hall–Kier alpha value is -4.71. The van der Waals surface area contributed by atoms with E-state index in [9.17, 15) is 14.7 Å². The number of carbonyl (C=O) groups excluding carboxylic acids is 2. The molecule has 4 N–H and O–H groups in total. The van der Waals surface area contributed by atoms with Crippen molar-refractivity contribution in [3.05, 3.63) is 111 Å². The summed E-state index contributed by atoms with van der Waals surface area (Å²) in [5, 5.41) is 20.9. The van der Waals surface area contributed by atoms with Crippen LogP contribution in [0, 0.1) is 0 Å². The summed E-state index contributed by atoms with van der Waals surface area (Å²) in [6, 6.07) is 14.7. The van der Waals surface area contributed by atoms with Crippen LogP contribution in [0.25, 0.3) is 0 Å². The van der Waals surface area contributed by atoms with Crippen LogP contribution in [0.2, 0.25) is 10.0 Å². The molecule has 47 heavy (non-hydrogen) atoms. The monoisotopic (exact) mass is 682 g/mol. The van der Waals surface area contributed by atoms with Crippen molar-refractivity contribution in [3.63, 3.8) is 0 Å². The third-order valence-electron chi connectivity index (χ3n) is 6.94. The molecule has 2 amide bonds. The van der Waals surface area contributed by atoms with Gasteiger partial charge in [-0.3, -0.25) is 5.43 Å². The van der Waals surface area contributed by atoms with Crippen molar-refractivity contribution in [2.75, 3.05) is 20.3 Å². The van der Waals surface area contributed by atoms with Gasteiger partial charge in [0.1, 0.15) is 19.0 Å². The maximum Gasteiger partial charge on any atom is 0.337 e. The molecule has 3 aromatic rings. The highest BCUT2D eigenvalue weighted by molar-refractivity contribution is 6.42. The number of methoxy groups -OCH3 is 1. The second kappa shape index (κ2) is 16.7. The Morgan fingerprint density at radius 2 is 1.85 bits per heavy atom. The molecule has 0 bridgehead atoms. The Kier molecular flexibility index (Phi) is 12.5. The summed E-state index contributed by atoms with van der Waals surface area (Å²) < 4.78 is 22.5. The number of hydrogen-bond acceptors (Lipinski definition) is 9. The highest BCUT2D eigenvalue weighted by Gasteiger charge is 2.32. The summed E-state index contributed by atoms with van der Waals surface area (Å²) in [7, 11) is 1.27. The lowest BCUT2D eigenvalue weighted by atomic mass is 9.95. The van der Waals surface area contributed by atoms with Gasteiger partial charge >= 0.3 is 12.0 Å². The quantitative estimate of drug-likeness (QED) is 0.0517. The number of rotatable bonds is 15. The highest BCUT2D eigenvalue weighted by atomic mass is 35.5. The molecule has 0 saturated heterocycles. The van der Waals surface area contributed by atoms with Crippen molar-refractivity contribution in [3.8, 4) is 17.2 Å². The number of esters is 1. The van der Waals surface area contributed by atoms with Crippen LogP contribution in [0.4, 0.5) is 4.79 Å². The second-order valence-electron chi connectivity index (χ2n) is 10.3. The molecule has 13 heteroatoms. The Morgan fingerprint density at radius 1 is 1.06 bits per heavy atom. The van der Waals surface area contributed by atoms with E-state index in [0.29, 0.717) is 58.2 Å². The fourth-order valence-electron chi connectivity index (χ4n) is 4.75. The molecule has 0 unspecified atom stereocenters. The van der Waals surface area contributed by atoms with E-state index in [1.165, 1.54) is 7.11 Å². The predicted molar refractivity (Wildman–Crippen MR) is 180 cm³/mol. The van der Waals surface area contributed by atoms with Crippen molar-refractivity contribution in [2.24, 2.45) is 5.10 Å². The predicted octanol–water partition coefficient (Wildman–Crippen LogP) is 5.82. The molecular weight excluding hydrogens is 647 g/mol. The van der Waals surface area contributed by atoms with E-state index in [1.807, 2.05) is 31.2 Å². The molecular formula is C34H36Cl2N4O7. The topological polar surface area (TPSA) is 140 Å². The number of amides is 2. The lowest BCUT2D eigenvalue weighted by molar-refractivity contribution is -0.136. The highest BCUT2D eigenvalue weighted by Crippen LogP contribution is 2.35. The molecule has 0 fully saturated rings. The molecule has 3 aromatic carbocycles. The first-order valence-electron chi connectivity index (χ1n) is 14.7. The summed E-state index contributed by atoms with van der Waals surface area (Å²) in [6.45, 7) is 7.76. The lowest BCUT2D eigenvalue weighted by Gasteiger charge is -2.28. The van der Waals surface area contributed by atoms with Crippen molar-refractivity contribution < 1.29 is 33.6 Å². The molecule has 0 spiro atoms. The summed E-state index contributed by atoms with van der Waals surface area (Å²) in [5.74, 6) is 0.841. The van der Waals surface area contributed by atoms with Gasteiger partial charge in [-0.05, 0) is 85.0 Å². The summed E-state index contributed by atoms with van der Waals surface area (Å²) in [4.78, 5) is 24.6. The van der Waals surface area contributed by atoms with E-state index in [1.54, 1.807) is 49.5 Å². The van der Waals surface area contributed by atoms with Crippen LogP contribution in [0.5, 0.6) is 17.2 Å². The first-order valence-corrected chi connectivity index (χ1v) is 15.4. The average molecular weight is 684 g/mol. The number of urea groups is 1. The minimum atomic E-state index is -1.15. The van der Waals surface area contributed by atoms with Gasteiger partial charge in [0.05, 0.1) is 41.6 Å². The zero-order chi connectivity index (χ0) is 33.9. The van der Waals surface area contributed by atoms with Gasteiger partial charge < -0.3 is 34.7 Å². The first-order chi connectivity index (χ1) is 22.6. The van der Waals surface area contributed by atoms with E-state index in [0.717, 1.165) is 16.7 Å². The standard InChI is InChI=1S/C34H36Cl2N4O7/c1-5-7-23-14-21(9-12-27(23)46-18-22-8-11-25(35)26(36)15-22)17-37-40-30(41)19-47-28-13-10-24(16-29(28)45-6-2)32-31(33(42)44-4)20(3)38-34(43)39-32/h5,8-17,30,32,40-41H,1,6-7,18-19H2,2-4H3,(H2,38,39,43)/b37-17-/t30-,32+/m0/s1. The van der Waals surface area contributed by atoms with Crippen LogP contribution >= 0.6 is 23.2 Å². The van der Waals surface area contributed by atoms with E-state index in [4.69, 9.17) is 42.1 Å². The number of ether oxygens (including phenoxy) is 4. The third kappa shape index (κ3) is 9.41. The number of benzene rings is 3. The van der Waals surface area contributed by atoms with E-state index in [2.05, 4.69) is 27.7 Å². The molecule has 0 aliphatic carbocycles. The van der Waals surface area contributed by atoms with Gasteiger partial charge in [0.2, 0.25) is 0 Å².